The molecule has 0 aromatic rings. The van der Waals surface area contributed by atoms with E-state index < -0.39 is 12.1 Å². The van der Waals surface area contributed by atoms with Gasteiger partial charge in [-0.3, -0.25) is 4.79 Å². The van der Waals surface area contributed by atoms with Crippen molar-refractivity contribution in [3.05, 3.63) is 11.6 Å². The van der Waals surface area contributed by atoms with Gasteiger partial charge in [0.25, 0.3) is 5.91 Å². The first-order chi connectivity index (χ1) is 7.50. The van der Waals surface area contributed by atoms with E-state index in [0.717, 1.165) is 5.57 Å². The lowest BCUT2D eigenvalue weighted by Gasteiger charge is -2.07. The quantitative estimate of drug-likeness (QED) is 0.675. The molecule has 0 bridgehead atoms. The van der Waals surface area contributed by atoms with Crippen molar-refractivity contribution in [1.82, 2.24) is 5.32 Å². The molecule has 6 nitrogen and oxygen atoms in total. The molecule has 0 radical (unpaired) electrons. The number of aliphatic carboxylic acids is 1. The van der Waals surface area contributed by atoms with Gasteiger partial charge in [-0.2, -0.15) is 0 Å². The van der Waals surface area contributed by atoms with Crippen molar-refractivity contribution in [3.8, 4) is 0 Å². The van der Waals surface area contributed by atoms with Crippen molar-refractivity contribution >= 4 is 17.6 Å². The first-order valence-electron chi connectivity index (χ1n) is 4.87. The van der Waals surface area contributed by atoms with E-state index in [0.29, 0.717) is 6.54 Å². The molecule has 0 fully saturated rings. The van der Waals surface area contributed by atoms with Crippen molar-refractivity contribution in [2.45, 2.75) is 26.4 Å². The van der Waals surface area contributed by atoms with Crippen LogP contribution in [0.25, 0.3) is 0 Å². The summed E-state index contributed by atoms with van der Waals surface area (Å²) >= 11 is 0. The van der Waals surface area contributed by atoms with E-state index in [1.807, 2.05) is 19.9 Å². The monoisotopic (exact) mass is 226 g/mol. The third kappa shape index (κ3) is 3.38. The highest BCUT2D eigenvalue weighted by atomic mass is 16.6. The second-order valence-electron chi connectivity index (χ2n) is 3.67. The Labute approximate surface area is 93.0 Å². The molecule has 0 saturated heterocycles. The van der Waals surface area contributed by atoms with E-state index in [-0.39, 0.29) is 18.0 Å². The molecule has 1 amide bonds. The molecule has 0 spiro atoms. The van der Waals surface area contributed by atoms with E-state index in [1.165, 1.54) is 0 Å². The maximum Gasteiger partial charge on any atom is 0.353 e. The molecule has 1 rings (SSSR count). The first kappa shape index (κ1) is 12.2. The maximum absolute atomic E-state index is 11.5. The third-order valence-corrected chi connectivity index (χ3v) is 1.99. The Bertz CT molecular complexity index is 356. The summed E-state index contributed by atoms with van der Waals surface area (Å²) < 4.78 is 0. The highest BCUT2D eigenvalue weighted by molar-refractivity contribution is 6.36. The van der Waals surface area contributed by atoms with Gasteiger partial charge >= 0.3 is 5.97 Å². The molecule has 88 valence electrons. The van der Waals surface area contributed by atoms with Crippen molar-refractivity contribution in [1.29, 1.82) is 0 Å². The molecule has 1 heterocycles. The molecule has 1 aliphatic rings. The van der Waals surface area contributed by atoms with Gasteiger partial charge < -0.3 is 15.3 Å². The van der Waals surface area contributed by atoms with Crippen molar-refractivity contribution in [3.63, 3.8) is 0 Å². The third-order valence-electron chi connectivity index (χ3n) is 1.99. The zero-order chi connectivity index (χ0) is 12.1. The number of carbonyl (C=O) groups is 2. The minimum absolute atomic E-state index is 0.00991. The Morgan fingerprint density at radius 3 is 2.81 bits per heavy atom. The van der Waals surface area contributed by atoms with Crippen LogP contribution >= 0.6 is 0 Å². The zero-order valence-corrected chi connectivity index (χ0v) is 9.19. The van der Waals surface area contributed by atoms with Crippen LogP contribution in [0.1, 0.15) is 20.3 Å². The molecule has 1 atom stereocenters. The van der Waals surface area contributed by atoms with Crippen molar-refractivity contribution in [2.24, 2.45) is 5.16 Å². The molecule has 6 heteroatoms. The van der Waals surface area contributed by atoms with Crippen LogP contribution in [0.5, 0.6) is 0 Å². The van der Waals surface area contributed by atoms with Crippen molar-refractivity contribution < 1.29 is 19.5 Å². The zero-order valence-electron chi connectivity index (χ0n) is 9.19. The van der Waals surface area contributed by atoms with Crippen LogP contribution in [0.4, 0.5) is 0 Å². The van der Waals surface area contributed by atoms with Gasteiger partial charge in [0.2, 0.25) is 6.10 Å². The summed E-state index contributed by atoms with van der Waals surface area (Å²) in [7, 11) is 0. The smallest absolute Gasteiger partial charge is 0.353 e. The van der Waals surface area contributed by atoms with E-state index in [4.69, 9.17) is 9.94 Å². The highest BCUT2D eigenvalue weighted by Gasteiger charge is 2.30. The van der Waals surface area contributed by atoms with Gasteiger partial charge in [-0.1, -0.05) is 16.8 Å². The summed E-state index contributed by atoms with van der Waals surface area (Å²) in [5.74, 6) is -1.50. The summed E-state index contributed by atoms with van der Waals surface area (Å²) in [6.45, 7) is 4.25. The second-order valence-corrected chi connectivity index (χ2v) is 3.67. The number of carbonyl (C=O) groups excluding carboxylic acids is 1. The first-order valence-corrected chi connectivity index (χ1v) is 4.87. The topological polar surface area (TPSA) is 88.0 Å². The molecule has 1 unspecified atom stereocenters. The molecular formula is C10H14N2O4. The Balaban J connectivity index is 2.36. The van der Waals surface area contributed by atoms with Gasteiger partial charge in [0.15, 0.2) is 5.71 Å². The standard InChI is InChI=1S/C10H14N2O4/c1-6(2)3-4-11-9(13)8-5-7(10(14)15)12-16-8/h3,8H,4-5H2,1-2H3,(H,11,13)(H,14,15). The molecule has 0 aromatic carbocycles. The Hall–Kier alpha value is -1.85. The van der Waals surface area contributed by atoms with Crippen LogP contribution in [0, 0.1) is 0 Å². The fourth-order valence-corrected chi connectivity index (χ4v) is 1.11. The fourth-order valence-electron chi connectivity index (χ4n) is 1.11. The summed E-state index contributed by atoms with van der Waals surface area (Å²) in [5.41, 5.74) is 0.970. The predicted molar refractivity (Wildman–Crippen MR) is 57.0 cm³/mol. The van der Waals surface area contributed by atoms with E-state index in [9.17, 15) is 9.59 Å². The van der Waals surface area contributed by atoms with E-state index >= 15 is 0 Å². The van der Waals surface area contributed by atoms with Crippen LogP contribution in [0.15, 0.2) is 16.8 Å². The van der Waals surface area contributed by atoms with Crippen LogP contribution in [0.3, 0.4) is 0 Å². The summed E-state index contributed by atoms with van der Waals surface area (Å²) in [6, 6.07) is 0. The number of allylic oxidation sites excluding steroid dienone is 1. The number of amides is 1. The molecule has 0 aliphatic carbocycles. The summed E-state index contributed by atoms with van der Waals surface area (Å²) in [5, 5.41) is 14.5. The number of carboxylic acid groups (broad SMARTS) is 1. The molecular weight excluding hydrogens is 212 g/mol. The van der Waals surface area contributed by atoms with Gasteiger partial charge in [0, 0.05) is 13.0 Å². The lowest BCUT2D eigenvalue weighted by Crippen LogP contribution is -2.35. The van der Waals surface area contributed by atoms with Gasteiger partial charge in [-0.05, 0) is 13.8 Å². The molecule has 16 heavy (non-hydrogen) atoms. The number of rotatable bonds is 4. The number of carboxylic acids is 1. The maximum atomic E-state index is 11.5. The minimum Gasteiger partial charge on any atom is -0.477 e. The number of nitrogens with zero attached hydrogens (tertiary/aromatic N) is 1. The average molecular weight is 226 g/mol. The van der Waals surface area contributed by atoms with Gasteiger partial charge in [-0.25, -0.2) is 4.79 Å². The Kier molecular flexibility index (Phi) is 4.04. The summed E-state index contributed by atoms with van der Waals surface area (Å²) in [6.07, 6.45) is 1.04. The number of hydrogen-bond donors (Lipinski definition) is 2. The normalized spacial score (nSPS) is 18.4. The molecule has 0 saturated carbocycles. The lowest BCUT2D eigenvalue weighted by atomic mass is 10.1. The number of nitrogens with one attached hydrogen (secondary N) is 1. The fraction of sp³-hybridized carbons (Fsp3) is 0.500. The van der Waals surface area contributed by atoms with Crippen LogP contribution in [-0.4, -0.2) is 35.3 Å². The number of hydrogen-bond acceptors (Lipinski definition) is 4. The molecule has 1 aliphatic heterocycles. The largest absolute Gasteiger partial charge is 0.477 e. The van der Waals surface area contributed by atoms with Gasteiger partial charge in [-0.15, -0.1) is 0 Å². The van der Waals surface area contributed by atoms with Crippen LogP contribution in [-0.2, 0) is 14.4 Å². The SMILES string of the molecule is CC(C)=CCNC(=O)C1CC(C(=O)O)=NO1. The van der Waals surface area contributed by atoms with Crippen LogP contribution in [0.2, 0.25) is 0 Å². The number of oxime groups is 1. The van der Waals surface area contributed by atoms with Crippen LogP contribution < -0.4 is 5.32 Å². The van der Waals surface area contributed by atoms with Gasteiger partial charge in [0.1, 0.15) is 0 Å². The molecule has 0 aromatic heterocycles. The van der Waals surface area contributed by atoms with Gasteiger partial charge in [0.05, 0.1) is 0 Å². The summed E-state index contributed by atoms with van der Waals surface area (Å²) in [4.78, 5) is 26.7. The van der Waals surface area contributed by atoms with Crippen molar-refractivity contribution in [2.75, 3.05) is 6.54 Å². The minimum atomic E-state index is -1.15. The second kappa shape index (κ2) is 5.29. The Morgan fingerprint density at radius 2 is 2.31 bits per heavy atom. The lowest BCUT2D eigenvalue weighted by molar-refractivity contribution is -0.131. The molecule has 2 N–H and O–H groups in total. The van der Waals surface area contributed by atoms with E-state index in [1.54, 1.807) is 0 Å². The Morgan fingerprint density at radius 1 is 1.62 bits per heavy atom. The van der Waals surface area contributed by atoms with E-state index in [2.05, 4.69) is 10.5 Å². The average Bonchev–Trinajstić information content (AvgIpc) is 2.65. The highest BCUT2D eigenvalue weighted by Crippen LogP contribution is 2.10. The predicted octanol–water partition coefficient (Wildman–Crippen LogP) is 0.298.